The molecule has 0 spiro atoms. The predicted octanol–water partition coefficient (Wildman–Crippen LogP) is 2.39. The summed E-state index contributed by atoms with van der Waals surface area (Å²) >= 11 is 0. The first kappa shape index (κ1) is 11.6. The molecule has 5 nitrogen and oxygen atoms in total. The van der Waals surface area contributed by atoms with Crippen LogP contribution in [0.15, 0.2) is 22.8 Å². The van der Waals surface area contributed by atoms with Gasteiger partial charge in [-0.3, -0.25) is 0 Å². The smallest absolute Gasteiger partial charge is 0.148 e. The molecular weight excluding hydrogens is 216 g/mol. The number of aryl methyl sites for hydroxylation is 2. The number of furan rings is 1. The molecule has 2 aromatic heterocycles. The molecule has 2 heterocycles. The number of hydrogen-bond donors (Lipinski definition) is 2. The lowest BCUT2D eigenvalue weighted by molar-refractivity contribution is 0.516. The molecule has 0 aliphatic rings. The molecule has 0 aliphatic heterocycles. The SMILES string of the molecule is CCCn1nc(C)c(N)c1NCc1ccco1. The number of hydrogen-bond acceptors (Lipinski definition) is 4. The lowest BCUT2D eigenvalue weighted by Gasteiger charge is -2.08. The highest BCUT2D eigenvalue weighted by Crippen LogP contribution is 2.23. The van der Waals surface area contributed by atoms with Gasteiger partial charge in [-0.15, -0.1) is 0 Å². The van der Waals surface area contributed by atoms with Crippen LogP contribution in [0, 0.1) is 6.92 Å². The fraction of sp³-hybridized carbons (Fsp3) is 0.417. The Morgan fingerprint density at radius 1 is 1.53 bits per heavy atom. The van der Waals surface area contributed by atoms with E-state index in [1.807, 2.05) is 23.7 Å². The third kappa shape index (κ3) is 2.43. The minimum Gasteiger partial charge on any atom is -0.467 e. The van der Waals surface area contributed by atoms with Gasteiger partial charge < -0.3 is 15.5 Å². The van der Waals surface area contributed by atoms with Crippen LogP contribution in [0.4, 0.5) is 11.5 Å². The minimum atomic E-state index is 0.617. The fourth-order valence-corrected chi connectivity index (χ4v) is 1.74. The zero-order valence-electron chi connectivity index (χ0n) is 10.2. The van der Waals surface area contributed by atoms with Crippen molar-refractivity contribution in [2.45, 2.75) is 33.4 Å². The molecule has 0 saturated heterocycles. The van der Waals surface area contributed by atoms with E-state index in [-0.39, 0.29) is 0 Å². The first-order valence-electron chi connectivity index (χ1n) is 5.81. The van der Waals surface area contributed by atoms with E-state index in [4.69, 9.17) is 10.2 Å². The van der Waals surface area contributed by atoms with Crippen LogP contribution in [0.5, 0.6) is 0 Å². The highest BCUT2D eigenvalue weighted by Gasteiger charge is 2.11. The molecule has 92 valence electrons. The number of nitrogens with zero attached hydrogens (tertiary/aromatic N) is 2. The lowest BCUT2D eigenvalue weighted by atomic mass is 10.3. The fourth-order valence-electron chi connectivity index (χ4n) is 1.74. The van der Waals surface area contributed by atoms with Gasteiger partial charge in [0.05, 0.1) is 24.2 Å². The van der Waals surface area contributed by atoms with Gasteiger partial charge in [0.15, 0.2) is 0 Å². The van der Waals surface area contributed by atoms with E-state index >= 15 is 0 Å². The molecule has 0 aromatic carbocycles. The Kier molecular flexibility index (Phi) is 3.37. The molecule has 0 saturated carbocycles. The third-order valence-corrected chi connectivity index (χ3v) is 2.62. The predicted molar refractivity (Wildman–Crippen MR) is 67.7 cm³/mol. The van der Waals surface area contributed by atoms with Crippen molar-refractivity contribution < 1.29 is 4.42 Å². The van der Waals surface area contributed by atoms with Gasteiger partial charge in [-0.2, -0.15) is 5.10 Å². The Morgan fingerprint density at radius 3 is 3.00 bits per heavy atom. The summed E-state index contributed by atoms with van der Waals surface area (Å²) in [4.78, 5) is 0. The summed E-state index contributed by atoms with van der Waals surface area (Å²) in [5, 5.41) is 7.67. The maximum Gasteiger partial charge on any atom is 0.148 e. The normalized spacial score (nSPS) is 10.7. The monoisotopic (exact) mass is 234 g/mol. The Bertz CT molecular complexity index is 473. The molecule has 3 N–H and O–H groups in total. The molecule has 2 aromatic rings. The maximum absolute atomic E-state index is 6.00. The van der Waals surface area contributed by atoms with Gasteiger partial charge >= 0.3 is 0 Å². The van der Waals surface area contributed by atoms with Gasteiger partial charge in [-0.25, -0.2) is 4.68 Å². The minimum absolute atomic E-state index is 0.617. The van der Waals surface area contributed by atoms with E-state index < -0.39 is 0 Å². The summed E-state index contributed by atoms with van der Waals surface area (Å²) in [6.07, 6.45) is 2.69. The van der Waals surface area contributed by atoms with Gasteiger partial charge in [0.2, 0.25) is 0 Å². The third-order valence-electron chi connectivity index (χ3n) is 2.62. The van der Waals surface area contributed by atoms with Crippen LogP contribution in [-0.2, 0) is 13.1 Å². The summed E-state index contributed by atoms with van der Waals surface area (Å²) in [7, 11) is 0. The Hall–Kier alpha value is -1.91. The van der Waals surface area contributed by atoms with Crippen LogP contribution >= 0.6 is 0 Å². The maximum atomic E-state index is 6.00. The highest BCUT2D eigenvalue weighted by molar-refractivity contribution is 5.64. The van der Waals surface area contributed by atoms with Gasteiger partial charge in [0.1, 0.15) is 11.6 Å². The van der Waals surface area contributed by atoms with Gasteiger partial charge in [-0.1, -0.05) is 6.92 Å². The van der Waals surface area contributed by atoms with Crippen molar-refractivity contribution in [3.63, 3.8) is 0 Å². The second-order valence-corrected chi connectivity index (χ2v) is 4.00. The van der Waals surface area contributed by atoms with E-state index in [2.05, 4.69) is 17.3 Å². The van der Waals surface area contributed by atoms with Crippen molar-refractivity contribution in [2.24, 2.45) is 0 Å². The zero-order valence-corrected chi connectivity index (χ0v) is 10.2. The summed E-state index contributed by atoms with van der Waals surface area (Å²) in [5.74, 6) is 1.76. The van der Waals surface area contributed by atoms with Crippen molar-refractivity contribution in [3.05, 3.63) is 29.9 Å². The molecular formula is C12H18N4O. The number of nitrogens with one attached hydrogen (secondary N) is 1. The highest BCUT2D eigenvalue weighted by atomic mass is 16.3. The average molecular weight is 234 g/mol. The molecule has 0 radical (unpaired) electrons. The van der Waals surface area contributed by atoms with E-state index in [1.54, 1.807) is 6.26 Å². The Balaban J connectivity index is 2.13. The molecule has 5 heteroatoms. The average Bonchev–Trinajstić information content (AvgIpc) is 2.89. The Labute approximate surface area is 101 Å². The number of nitrogens with two attached hydrogens (primary N) is 1. The largest absolute Gasteiger partial charge is 0.467 e. The Morgan fingerprint density at radius 2 is 2.35 bits per heavy atom. The summed E-state index contributed by atoms with van der Waals surface area (Å²) in [5.41, 5.74) is 7.57. The van der Waals surface area contributed by atoms with Crippen molar-refractivity contribution in [1.29, 1.82) is 0 Å². The van der Waals surface area contributed by atoms with Gasteiger partial charge in [0.25, 0.3) is 0 Å². The van der Waals surface area contributed by atoms with Crippen LogP contribution in [0.25, 0.3) is 0 Å². The van der Waals surface area contributed by atoms with Crippen LogP contribution in [0.3, 0.4) is 0 Å². The molecule has 2 rings (SSSR count). The first-order chi connectivity index (χ1) is 8.22. The standard InChI is InChI=1S/C12H18N4O/c1-3-6-16-12(11(13)9(2)15-16)14-8-10-5-4-7-17-10/h4-5,7,14H,3,6,8,13H2,1-2H3. The molecule has 0 unspecified atom stereocenters. The van der Waals surface area contributed by atoms with E-state index in [1.165, 1.54) is 0 Å². The molecule has 17 heavy (non-hydrogen) atoms. The van der Waals surface area contributed by atoms with Crippen LogP contribution in [0.1, 0.15) is 24.8 Å². The van der Waals surface area contributed by atoms with Gasteiger partial charge in [-0.05, 0) is 25.5 Å². The van der Waals surface area contributed by atoms with Crippen LogP contribution in [-0.4, -0.2) is 9.78 Å². The quantitative estimate of drug-likeness (QED) is 0.833. The van der Waals surface area contributed by atoms with E-state index in [9.17, 15) is 0 Å². The summed E-state index contributed by atoms with van der Waals surface area (Å²) < 4.78 is 7.18. The number of rotatable bonds is 5. The molecule has 0 atom stereocenters. The first-order valence-corrected chi connectivity index (χ1v) is 5.81. The number of nitrogen functional groups attached to an aromatic ring is 1. The van der Waals surface area contributed by atoms with E-state index in [0.29, 0.717) is 12.2 Å². The van der Waals surface area contributed by atoms with E-state index in [0.717, 1.165) is 30.2 Å². The van der Waals surface area contributed by atoms with Gasteiger partial charge in [0, 0.05) is 6.54 Å². The number of anilines is 2. The second-order valence-electron chi connectivity index (χ2n) is 4.00. The van der Waals surface area contributed by atoms with Crippen molar-refractivity contribution >= 4 is 11.5 Å². The van der Waals surface area contributed by atoms with Crippen LogP contribution < -0.4 is 11.1 Å². The molecule has 0 amide bonds. The topological polar surface area (TPSA) is 69.0 Å². The molecule has 0 fully saturated rings. The zero-order chi connectivity index (χ0) is 12.3. The number of aromatic nitrogens is 2. The summed E-state index contributed by atoms with van der Waals surface area (Å²) in [6, 6.07) is 3.80. The molecule has 0 aliphatic carbocycles. The lowest BCUT2D eigenvalue weighted by Crippen LogP contribution is -2.08. The second kappa shape index (κ2) is 4.95. The van der Waals surface area contributed by atoms with Crippen molar-refractivity contribution in [3.8, 4) is 0 Å². The van der Waals surface area contributed by atoms with Crippen molar-refractivity contribution in [1.82, 2.24) is 9.78 Å². The molecule has 0 bridgehead atoms. The van der Waals surface area contributed by atoms with Crippen molar-refractivity contribution in [2.75, 3.05) is 11.1 Å². The summed E-state index contributed by atoms with van der Waals surface area (Å²) in [6.45, 7) is 5.51. The van der Waals surface area contributed by atoms with Crippen LogP contribution in [0.2, 0.25) is 0 Å².